The largest absolute Gasteiger partial charge is 0.460 e. The maximum Gasteiger partial charge on any atom is 0.262 e. The van der Waals surface area contributed by atoms with Crippen LogP contribution in [0.4, 0.5) is 4.39 Å². The van der Waals surface area contributed by atoms with Crippen molar-refractivity contribution in [1.29, 1.82) is 0 Å². The van der Waals surface area contributed by atoms with Crippen molar-refractivity contribution in [2.75, 3.05) is 0 Å². The minimum Gasteiger partial charge on any atom is -0.460 e. The molecule has 0 fully saturated rings. The number of hydrazine groups is 1. The number of para-hydroxylation sites is 1. The Balaban J connectivity index is 1.53. The Morgan fingerprint density at radius 2 is 1.89 bits per heavy atom. The quantitative estimate of drug-likeness (QED) is 0.347. The molecule has 1 heterocycles. The average molecular weight is 397 g/mol. The Morgan fingerprint density at radius 1 is 1.14 bits per heavy atom. The molecule has 3 aromatic rings. The molecule has 1 amide bonds. The number of furan rings is 1. The highest BCUT2D eigenvalue weighted by molar-refractivity contribution is 7.80. The molecule has 0 atom stereocenters. The monoisotopic (exact) mass is 397 g/mol. The van der Waals surface area contributed by atoms with Gasteiger partial charge in [-0.2, -0.15) is 0 Å². The number of carbonyl (C=O) groups is 1. The lowest BCUT2D eigenvalue weighted by atomic mass is 10.1. The summed E-state index contributed by atoms with van der Waals surface area (Å²) < 4.78 is 18.7. The first-order valence-corrected chi connectivity index (χ1v) is 9.24. The minimum absolute atomic E-state index is 0.258. The van der Waals surface area contributed by atoms with Crippen LogP contribution in [0.25, 0.3) is 17.0 Å². The second-order valence-electron chi connectivity index (χ2n) is 6.05. The fraction of sp³-hybridized carbons (Fsp3) is 0.143. The van der Waals surface area contributed by atoms with Gasteiger partial charge < -0.3 is 9.73 Å². The van der Waals surface area contributed by atoms with Crippen LogP contribution >= 0.6 is 12.2 Å². The van der Waals surface area contributed by atoms with E-state index in [9.17, 15) is 9.18 Å². The third-order valence-electron chi connectivity index (χ3n) is 4.10. The summed E-state index contributed by atoms with van der Waals surface area (Å²) >= 11 is 5.11. The fourth-order valence-electron chi connectivity index (χ4n) is 2.71. The van der Waals surface area contributed by atoms with Gasteiger partial charge in [0.05, 0.1) is 0 Å². The second-order valence-corrected chi connectivity index (χ2v) is 6.45. The number of rotatable bonds is 5. The molecule has 0 spiro atoms. The van der Waals surface area contributed by atoms with Gasteiger partial charge in [0.1, 0.15) is 17.2 Å². The molecule has 0 aliphatic rings. The number of halogens is 1. The van der Waals surface area contributed by atoms with Gasteiger partial charge >= 0.3 is 0 Å². The summed E-state index contributed by atoms with van der Waals surface area (Å²) in [6, 6.07) is 13.8. The van der Waals surface area contributed by atoms with Crippen LogP contribution < -0.4 is 16.2 Å². The van der Waals surface area contributed by atoms with Crippen molar-refractivity contribution in [1.82, 2.24) is 16.2 Å². The SMILES string of the molecule is CCc1oc2ccccc2c1/C=C/C(=O)NNC(=S)NCc1ccc(F)cc1. The van der Waals surface area contributed by atoms with E-state index in [2.05, 4.69) is 16.2 Å². The molecule has 2 aromatic carbocycles. The number of aryl methyl sites for hydroxylation is 1. The maximum absolute atomic E-state index is 12.9. The van der Waals surface area contributed by atoms with Crippen LogP contribution in [0.2, 0.25) is 0 Å². The van der Waals surface area contributed by atoms with E-state index in [-0.39, 0.29) is 16.8 Å². The van der Waals surface area contributed by atoms with Crippen molar-refractivity contribution in [3.8, 4) is 0 Å². The molecule has 3 rings (SSSR count). The van der Waals surface area contributed by atoms with Gasteiger partial charge in [0, 0.05) is 30.0 Å². The Hall–Kier alpha value is -3.19. The van der Waals surface area contributed by atoms with E-state index in [0.29, 0.717) is 6.54 Å². The van der Waals surface area contributed by atoms with Crippen LogP contribution in [0.1, 0.15) is 23.8 Å². The second kappa shape index (κ2) is 9.14. The van der Waals surface area contributed by atoms with E-state index < -0.39 is 0 Å². The van der Waals surface area contributed by atoms with Crippen LogP contribution in [-0.4, -0.2) is 11.0 Å². The fourth-order valence-corrected chi connectivity index (χ4v) is 2.83. The zero-order valence-corrected chi connectivity index (χ0v) is 16.1. The van der Waals surface area contributed by atoms with Crippen molar-refractivity contribution in [2.24, 2.45) is 0 Å². The van der Waals surface area contributed by atoms with Gasteiger partial charge in [-0.25, -0.2) is 4.39 Å². The average Bonchev–Trinajstić information content (AvgIpc) is 3.08. The molecule has 0 radical (unpaired) electrons. The molecule has 0 aliphatic heterocycles. The van der Waals surface area contributed by atoms with Gasteiger partial charge in [-0.05, 0) is 42.1 Å². The molecule has 0 aliphatic carbocycles. The predicted molar refractivity (Wildman–Crippen MR) is 112 cm³/mol. The van der Waals surface area contributed by atoms with Crippen molar-refractivity contribution >= 4 is 40.3 Å². The van der Waals surface area contributed by atoms with E-state index in [4.69, 9.17) is 16.6 Å². The Labute approximate surface area is 167 Å². The molecular weight excluding hydrogens is 377 g/mol. The van der Waals surface area contributed by atoms with Gasteiger partial charge in [0.2, 0.25) is 0 Å². The van der Waals surface area contributed by atoms with Gasteiger partial charge in [-0.15, -0.1) is 0 Å². The highest BCUT2D eigenvalue weighted by Gasteiger charge is 2.10. The highest BCUT2D eigenvalue weighted by atomic mass is 32.1. The summed E-state index contributed by atoms with van der Waals surface area (Å²) in [6.07, 6.45) is 3.88. The standard InChI is InChI=1S/C21H20FN3O2S/c1-2-18-17(16-5-3-4-6-19(16)27-18)11-12-20(26)24-25-21(28)23-13-14-7-9-15(22)10-8-14/h3-12H,2,13H2,1H3,(H,24,26)(H2,23,25,28)/b12-11+. The summed E-state index contributed by atoms with van der Waals surface area (Å²) in [7, 11) is 0. The van der Waals surface area contributed by atoms with Crippen molar-refractivity contribution < 1.29 is 13.6 Å². The van der Waals surface area contributed by atoms with Gasteiger partial charge in [-0.3, -0.25) is 15.6 Å². The normalized spacial score (nSPS) is 10.9. The van der Waals surface area contributed by atoms with Gasteiger partial charge in [-0.1, -0.05) is 37.3 Å². The molecule has 28 heavy (non-hydrogen) atoms. The first-order valence-electron chi connectivity index (χ1n) is 8.83. The smallest absolute Gasteiger partial charge is 0.262 e. The molecule has 0 saturated heterocycles. The molecule has 7 heteroatoms. The zero-order valence-electron chi connectivity index (χ0n) is 15.3. The van der Waals surface area contributed by atoms with Gasteiger partial charge in [0.25, 0.3) is 5.91 Å². The van der Waals surface area contributed by atoms with Crippen molar-refractivity contribution in [3.63, 3.8) is 0 Å². The third kappa shape index (κ3) is 4.95. The first-order chi connectivity index (χ1) is 13.6. The molecule has 5 nitrogen and oxygen atoms in total. The molecule has 0 bridgehead atoms. The summed E-state index contributed by atoms with van der Waals surface area (Å²) in [4.78, 5) is 12.1. The Bertz CT molecular complexity index is 1010. The van der Waals surface area contributed by atoms with Crippen LogP contribution in [0.5, 0.6) is 0 Å². The molecule has 144 valence electrons. The molecule has 1 aromatic heterocycles. The lowest BCUT2D eigenvalue weighted by molar-refractivity contribution is -0.116. The van der Waals surface area contributed by atoms with E-state index >= 15 is 0 Å². The highest BCUT2D eigenvalue weighted by Crippen LogP contribution is 2.27. The molecule has 0 saturated carbocycles. The predicted octanol–water partition coefficient (Wildman–Crippen LogP) is 3.84. The number of hydrogen-bond donors (Lipinski definition) is 3. The number of fused-ring (bicyclic) bond motifs is 1. The summed E-state index contributed by atoms with van der Waals surface area (Å²) in [6.45, 7) is 2.42. The van der Waals surface area contributed by atoms with Crippen LogP contribution in [-0.2, 0) is 17.8 Å². The molecular formula is C21H20FN3O2S. The number of hydrogen-bond acceptors (Lipinski definition) is 3. The maximum atomic E-state index is 12.9. The third-order valence-corrected chi connectivity index (χ3v) is 4.35. The Morgan fingerprint density at radius 3 is 2.64 bits per heavy atom. The Kier molecular flexibility index (Phi) is 6.39. The topological polar surface area (TPSA) is 66.3 Å². The summed E-state index contributed by atoms with van der Waals surface area (Å²) in [5.74, 6) is 0.188. The van der Waals surface area contributed by atoms with E-state index in [1.807, 2.05) is 31.2 Å². The molecule has 3 N–H and O–H groups in total. The van der Waals surface area contributed by atoms with Crippen LogP contribution in [0.15, 0.2) is 59.0 Å². The minimum atomic E-state index is -0.349. The lowest BCUT2D eigenvalue weighted by Gasteiger charge is -2.10. The van der Waals surface area contributed by atoms with E-state index in [1.54, 1.807) is 18.2 Å². The van der Waals surface area contributed by atoms with Crippen molar-refractivity contribution in [2.45, 2.75) is 19.9 Å². The lowest BCUT2D eigenvalue weighted by Crippen LogP contribution is -2.45. The molecule has 0 unspecified atom stereocenters. The van der Waals surface area contributed by atoms with Gasteiger partial charge in [0.15, 0.2) is 5.11 Å². The number of benzene rings is 2. The van der Waals surface area contributed by atoms with E-state index in [0.717, 1.165) is 34.3 Å². The first kappa shape index (κ1) is 19.6. The zero-order chi connectivity index (χ0) is 19.9. The van der Waals surface area contributed by atoms with Crippen LogP contribution in [0.3, 0.4) is 0 Å². The summed E-state index contributed by atoms with van der Waals surface area (Å²) in [5.41, 5.74) is 7.70. The summed E-state index contributed by atoms with van der Waals surface area (Å²) in [5, 5.41) is 4.15. The number of carbonyl (C=O) groups excluding carboxylic acids is 1. The number of thiocarbonyl (C=S) groups is 1. The number of amides is 1. The van der Waals surface area contributed by atoms with Crippen molar-refractivity contribution in [3.05, 3.63) is 77.3 Å². The number of nitrogens with one attached hydrogen (secondary N) is 3. The van der Waals surface area contributed by atoms with Crippen LogP contribution in [0, 0.1) is 5.82 Å². The van der Waals surface area contributed by atoms with E-state index in [1.165, 1.54) is 18.2 Å².